The van der Waals surface area contributed by atoms with Crippen molar-refractivity contribution in [2.75, 3.05) is 0 Å². The van der Waals surface area contributed by atoms with E-state index in [2.05, 4.69) is 0 Å². The van der Waals surface area contributed by atoms with Crippen molar-refractivity contribution in [1.29, 1.82) is 0 Å². The number of benzene rings is 3. The Balaban J connectivity index is 1.66. The third-order valence-corrected chi connectivity index (χ3v) is 7.34. The van der Waals surface area contributed by atoms with Crippen LogP contribution < -0.4 is 0 Å². The van der Waals surface area contributed by atoms with E-state index >= 15 is 0 Å². The molecule has 0 N–H and O–H groups in total. The highest BCUT2D eigenvalue weighted by Gasteiger charge is 2.48. The number of carbonyl (C=O) groups is 1. The number of hydrogen-bond donors (Lipinski definition) is 0. The fourth-order valence-corrected chi connectivity index (χ4v) is 5.64. The molecule has 3 aromatic rings. The van der Waals surface area contributed by atoms with E-state index in [0.717, 1.165) is 11.1 Å². The molecule has 0 aromatic heterocycles. The Morgan fingerprint density at radius 1 is 0.800 bits per heavy atom. The number of likely N-dealkylation sites (tertiary alicyclic amines) is 1. The molecule has 1 aliphatic heterocycles. The van der Waals surface area contributed by atoms with Crippen molar-refractivity contribution in [3.63, 3.8) is 0 Å². The number of sulfone groups is 1. The third-order valence-electron chi connectivity index (χ3n) is 5.21. The zero-order chi connectivity index (χ0) is 21.0. The van der Waals surface area contributed by atoms with Crippen molar-refractivity contribution < 1.29 is 17.9 Å². The van der Waals surface area contributed by atoms with Gasteiger partial charge in [-0.25, -0.2) is 8.42 Å². The molecule has 2 atom stereocenters. The van der Waals surface area contributed by atoms with Gasteiger partial charge in [-0.2, -0.15) is 0 Å². The molecule has 1 aliphatic rings. The minimum atomic E-state index is -3.81. The second-order valence-electron chi connectivity index (χ2n) is 7.30. The summed E-state index contributed by atoms with van der Waals surface area (Å²) in [6.45, 7) is 0.473. The van der Waals surface area contributed by atoms with Gasteiger partial charge in [0.15, 0.2) is 5.37 Å². The Morgan fingerprint density at radius 3 is 1.93 bits per heavy atom. The summed E-state index contributed by atoms with van der Waals surface area (Å²) in [6, 6.07) is 27.2. The van der Waals surface area contributed by atoms with Crippen LogP contribution in [0.4, 0.5) is 0 Å². The van der Waals surface area contributed by atoms with E-state index in [4.69, 9.17) is 4.74 Å². The fraction of sp³-hybridized carbons (Fsp3) is 0.208. The minimum absolute atomic E-state index is 0.0381. The largest absolute Gasteiger partial charge is 0.370 e. The lowest BCUT2D eigenvalue weighted by Gasteiger charge is -2.28. The standard InChI is InChI=1S/C24H23NO4S/c26-23-16-22(29-18-20-12-6-2-7-13-20)24(25(23)17-19-10-4-1-5-11-19)30(27,28)21-14-8-3-9-15-21/h1-15,22,24H,16-18H2/t22-,24-/m1/s1. The van der Waals surface area contributed by atoms with Crippen LogP contribution in [0.15, 0.2) is 95.9 Å². The number of ether oxygens (including phenoxy) is 1. The Morgan fingerprint density at radius 2 is 1.33 bits per heavy atom. The van der Waals surface area contributed by atoms with Crippen LogP contribution >= 0.6 is 0 Å². The van der Waals surface area contributed by atoms with Crippen LogP contribution in [0, 0.1) is 0 Å². The number of amides is 1. The molecule has 30 heavy (non-hydrogen) atoms. The predicted molar refractivity (Wildman–Crippen MR) is 114 cm³/mol. The quantitative estimate of drug-likeness (QED) is 0.582. The molecular formula is C24H23NO4S. The molecule has 0 unspecified atom stereocenters. The zero-order valence-corrected chi connectivity index (χ0v) is 17.2. The maximum absolute atomic E-state index is 13.5. The molecule has 0 radical (unpaired) electrons. The van der Waals surface area contributed by atoms with Crippen molar-refractivity contribution >= 4 is 15.7 Å². The molecule has 0 spiro atoms. The highest BCUT2D eigenvalue weighted by atomic mass is 32.2. The van der Waals surface area contributed by atoms with E-state index in [-0.39, 0.29) is 30.4 Å². The molecule has 4 rings (SSSR count). The number of rotatable bonds is 7. The van der Waals surface area contributed by atoms with Gasteiger partial charge in [-0.15, -0.1) is 0 Å². The lowest BCUT2D eigenvalue weighted by Crippen LogP contribution is -2.43. The first-order valence-electron chi connectivity index (χ1n) is 9.83. The summed E-state index contributed by atoms with van der Waals surface area (Å²) < 4.78 is 33.1. The highest BCUT2D eigenvalue weighted by molar-refractivity contribution is 7.92. The number of carbonyl (C=O) groups excluding carboxylic acids is 1. The first kappa shape index (κ1) is 20.3. The molecular weight excluding hydrogens is 398 g/mol. The molecule has 0 saturated carbocycles. The smallest absolute Gasteiger partial charge is 0.226 e. The molecule has 154 valence electrons. The zero-order valence-electron chi connectivity index (χ0n) is 16.4. The highest BCUT2D eigenvalue weighted by Crippen LogP contribution is 2.32. The van der Waals surface area contributed by atoms with Crippen molar-refractivity contribution in [2.24, 2.45) is 0 Å². The Bertz CT molecular complexity index is 1090. The van der Waals surface area contributed by atoms with Gasteiger partial charge in [0.1, 0.15) is 6.10 Å². The van der Waals surface area contributed by atoms with Gasteiger partial charge in [0.2, 0.25) is 15.7 Å². The molecule has 3 aromatic carbocycles. The van der Waals surface area contributed by atoms with Crippen molar-refractivity contribution in [3.8, 4) is 0 Å². The van der Waals surface area contributed by atoms with Crippen LogP contribution in [-0.4, -0.2) is 30.7 Å². The van der Waals surface area contributed by atoms with Gasteiger partial charge in [-0.3, -0.25) is 4.79 Å². The first-order chi connectivity index (χ1) is 14.6. The van der Waals surface area contributed by atoms with Crippen molar-refractivity contribution in [2.45, 2.75) is 35.9 Å². The van der Waals surface area contributed by atoms with Gasteiger partial charge in [0.05, 0.1) is 17.9 Å². The summed E-state index contributed by atoms with van der Waals surface area (Å²) in [5, 5.41) is -1.07. The summed E-state index contributed by atoms with van der Waals surface area (Å²) in [5.74, 6) is -0.221. The topological polar surface area (TPSA) is 63.7 Å². The second kappa shape index (κ2) is 8.81. The van der Waals surface area contributed by atoms with E-state index in [9.17, 15) is 13.2 Å². The minimum Gasteiger partial charge on any atom is -0.370 e. The van der Waals surface area contributed by atoms with Crippen molar-refractivity contribution in [3.05, 3.63) is 102 Å². The van der Waals surface area contributed by atoms with Crippen LogP contribution in [0.1, 0.15) is 17.5 Å². The van der Waals surface area contributed by atoms with Crippen LogP contribution in [-0.2, 0) is 32.5 Å². The van der Waals surface area contributed by atoms with Gasteiger partial charge in [0, 0.05) is 6.54 Å². The molecule has 1 heterocycles. The van der Waals surface area contributed by atoms with E-state index < -0.39 is 21.3 Å². The lowest BCUT2D eigenvalue weighted by molar-refractivity contribution is -0.128. The monoisotopic (exact) mass is 421 g/mol. The van der Waals surface area contributed by atoms with Gasteiger partial charge in [-0.1, -0.05) is 78.9 Å². The van der Waals surface area contributed by atoms with Gasteiger partial charge >= 0.3 is 0 Å². The summed E-state index contributed by atoms with van der Waals surface area (Å²) in [4.78, 5) is 14.5. The predicted octanol–water partition coefficient (Wildman–Crippen LogP) is 3.80. The SMILES string of the molecule is O=C1C[C@@H](OCc2ccccc2)[C@@H](S(=O)(=O)c2ccccc2)N1Cc1ccccc1. The summed E-state index contributed by atoms with van der Waals surface area (Å²) >= 11 is 0. The Kier molecular flexibility index (Phi) is 5.97. The second-order valence-corrected chi connectivity index (χ2v) is 9.34. The summed E-state index contributed by atoms with van der Waals surface area (Å²) in [7, 11) is -3.81. The molecule has 0 aliphatic carbocycles. The van der Waals surface area contributed by atoms with Crippen molar-refractivity contribution in [1.82, 2.24) is 4.90 Å². The van der Waals surface area contributed by atoms with E-state index in [0.29, 0.717) is 0 Å². The molecule has 1 fully saturated rings. The van der Waals surface area contributed by atoms with E-state index in [1.165, 1.54) is 4.90 Å². The molecule has 0 bridgehead atoms. The first-order valence-corrected chi connectivity index (χ1v) is 11.4. The maximum atomic E-state index is 13.5. The molecule has 6 heteroatoms. The molecule has 5 nitrogen and oxygen atoms in total. The summed E-state index contributed by atoms with van der Waals surface area (Å²) in [5.41, 5.74) is 1.81. The molecule has 1 saturated heterocycles. The van der Waals surface area contributed by atoms with Gasteiger partial charge < -0.3 is 9.64 Å². The van der Waals surface area contributed by atoms with Gasteiger partial charge in [-0.05, 0) is 23.3 Å². The fourth-order valence-electron chi connectivity index (χ4n) is 3.73. The lowest BCUT2D eigenvalue weighted by atomic mass is 10.2. The number of hydrogen-bond acceptors (Lipinski definition) is 4. The van der Waals surface area contributed by atoms with E-state index in [1.807, 2.05) is 60.7 Å². The normalized spacial score (nSPS) is 19.2. The maximum Gasteiger partial charge on any atom is 0.226 e. The Hall–Kier alpha value is -2.96. The van der Waals surface area contributed by atoms with Crippen LogP contribution in [0.2, 0.25) is 0 Å². The number of nitrogens with zero attached hydrogens (tertiary/aromatic N) is 1. The van der Waals surface area contributed by atoms with E-state index in [1.54, 1.807) is 30.3 Å². The van der Waals surface area contributed by atoms with Crippen LogP contribution in [0.5, 0.6) is 0 Å². The average Bonchev–Trinajstić information content (AvgIpc) is 3.10. The average molecular weight is 422 g/mol. The molecule has 1 amide bonds. The summed E-state index contributed by atoms with van der Waals surface area (Å²) in [6.07, 6.45) is -0.706. The Labute approximate surface area is 176 Å². The van der Waals surface area contributed by atoms with Gasteiger partial charge in [0.25, 0.3) is 0 Å². The third kappa shape index (κ3) is 4.30. The van der Waals surface area contributed by atoms with Crippen LogP contribution in [0.25, 0.3) is 0 Å². The van der Waals surface area contributed by atoms with Crippen LogP contribution in [0.3, 0.4) is 0 Å².